The van der Waals surface area contributed by atoms with Crippen LogP contribution in [0.2, 0.25) is 0 Å². The maximum absolute atomic E-state index is 9.16. The Hall–Kier alpha value is -0.860. The number of aliphatic hydroxyl groups is 1. The normalized spacial score (nSPS) is 27.1. The smallest absolute Gasteiger partial charge is 0.0570 e. The van der Waals surface area contributed by atoms with Gasteiger partial charge in [0.2, 0.25) is 0 Å². The summed E-state index contributed by atoms with van der Waals surface area (Å²) in [6.45, 7) is 3.23. The molecule has 0 bridgehead atoms. The Labute approximate surface area is 91.3 Å². The lowest BCUT2D eigenvalue weighted by molar-refractivity contribution is 0.0622. The van der Waals surface area contributed by atoms with Crippen LogP contribution in [0, 0.1) is 0 Å². The van der Waals surface area contributed by atoms with Gasteiger partial charge in [-0.1, -0.05) is 37.3 Å². The van der Waals surface area contributed by atoms with E-state index in [9.17, 15) is 0 Å². The third-order valence-electron chi connectivity index (χ3n) is 3.19. The molecule has 2 N–H and O–H groups in total. The van der Waals surface area contributed by atoms with E-state index in [2.05, 4.69) is 36.5 Å². The second-order valence-electron chi connectivity index (χ2n) is 4.54. The Balaban J connectivity index is 1.75. The van der Waals surface area contributed by atoms with E-state index >= 15 is 0 Å². The maximum atomic E-state index is 9.16. The van der Waals surface area contributed by atoms with Gasteiger partial charge in [0, 0.05) is 12.6 Å². The van der Waals surface area contributed by atoms with Gasteiger partial charge >= 0.3 is 0 Å². The van der Waals surface area contributed by atoms with E-state index in [0.29, 0.717) is 12.0 Å². The number of benzene rings is 1. The Bertz CT molecular complexity index is 293. The summed E-state index contributed by atoms with van der Waals surface area (Å²) in [5, 5.41) is 12.6. The first kappa shape index (κ1) is 10.7. The Morgan fingerprint density at radius 1 is 1.33 bits per heavy atom. The highest BCUT2D eigenvalue weighted by atomic mass is 16.3. The molecular weight excluding hydrogens is 186 g/mol. The topological polar surface area (TPSA) is 32.3 Å². The lowest BCUT2D eigenvalue weighted by atomic mass is 9.89. The van der Waals surface area contributed by atoms with Crippen LogP contribution in [-0.4, -0.2) is 23.8 Å². The van der Waals surface area contributed by atoms with Crippen LogP contribution in [0.5, 0.6) is 0 Å². The van der Waals surface area contributed by atoms with Gasteiger partial charge in [0.05, 0.1) is 6.10 Å². The number of rotatable bonds is 4. The van der Waals surface area contributed by atoms with Crippen molar-refractivity contribution >= 4 is 0 Å². The molecule has 0 aromatic heterocycles. The second-order valence-corrected chi connectivity index (χ2v) is 4.54. The monoisotopic (exact) mass is 205 g/mol. The zero-order valence-corrected chi connectivity index (χ0v) is 9.19. The van der Waals surface area contributed by atoms with E-state index in [1.54, 1.807) is 0 Å². The van der Waals surface area contributed by atoms with Crippen LogP contribution in [-0.2, 0) is 0 Å². The van der Waals surface area contributed by atoms with Crippen LogP contribution < -0.4 is 5.32 Å². The Kier molecular flexibility index (Phi) is 3.39. The van der Waals surface area contributed by atoms with Gasteiger partial charge < -0.3 is 10.4 Å². The molecule has 0 spiro atoms. The molecule has 1 saturated carbocycles. The first-order chi connectivity index (χ1) is 7.25. The molecule has 1 aliphatic rings. The molecule has 1 fully saturated rings. The molecule has 0 amide bonds. The summed E-state index contributed by atoms with van der Waals surface area (Å²) in [5.41, 5.74) is 1.38. The molecule has 0 saturated heterocycles. The van der Waals surface area contributed by atoms with Crippen LogP contribution in [0.1, 0.15) is 31.2 Å². The molecule has 2 nitrogen and oxygen atoms in total. The summed E-state index contributed by atoms with van der Waals surface area (Å²) in [6, 6.07) is 11.1. The molecule has 1 aromatic carbocycles. The van der Waals surface area contributed by atoms with Crippen molar-refractivity contribution in [1.29, 1.82) is 0 Å². The van der Waals surface area contributed by atoms with E-state index in [4.69, 9.17) is 5.11 Å². The van der Waals surface area contributed by atoms with Gasteiger partial charge in [-0.3, -0.25) is 0 Å². The molecule has 1 atom stereocenters. The third-order valence-corrected chi connectivity index (χ3v) is 3.19. The fourth-order valence-corrected chi connectivity index (χ4v) is 2.00. The lowest BCUT2D eigenvalue weighted by Crippen LogP contribution is -2.45. The molecule has 1 aliphatic carbocycles. The van der Waals surface area contributed by atoms with Gasteiger partial charge in [0.25, 0.3) is 0 Å². The average molecular weight is 205 g/mol. The number of hydrogen-bond donors (Lipinski definition) is 2. The van der Waals surface area contributed by atoms with Crippen molar-refractivity contribution in [3.8, 4) is 0 Å². The van der Waals surface area contributed by atoms with Crippen molar-refractivity contribution in [2.24, 2.45) is 0 Å². The van der Waals surface area contributed by atoms with Crippen molar-refractivity contribution in [1.82, 2.24) is 5.32 Å². The SMILES string of the molecule is CC(CNC1CC(O)C1)c1ccccc1. The highest BCUT2D eigenvalue weighted by molar-refractivity contribution is 5.19. The van der Waals surface area contributed by atoms with Crippen LogP contribution in [0.25, 0.3) is 0 Å². The quantitative estimate of drug-likeness (QED) is 0.787. The van der Waals surface area contributed by atoms with Crippen molar-refractivity contribution in [3.63, 3.8) is 0 Å². The molecule has 82 valence electrons. The number of nitrogens with one attached hydrogen (secondary N) is 1. The average Bonchev–Trinajstić information content (AvgIpc) is 2.23. The largest absolute Gasteiger partial charge is 0.393 e. The molecule has 0 aliphatic heterocycles. The van der Waals surface area contributed by atoms with Crippen LogP contribution >= 0.6 is 0 Å². The van der Waals surface area contributed by atoms with E-state index in [-0.39, 0.29) is 6.10 Å². The van der Waals surface area contributed by atoms with Crippen LogP contribution in [0.15, 0.2) is 30.3 Å². The minimum absolute atomic E-state index is 0.0606. The van der Waals surface area contributed by atoms with Crippen LogP contribution in [0.4, 0.5) is 0 Å². The fraction of sp³-hybridized carbons (Fsp3) is 0.538. The van der Waals surface area contributed by atoms with E-state index in [1.807, 2.05) is 6.07 Å². The minimum atomic E-state index is -0.0606. The molecule has 1 unspecified atom stereocenters. The Morgan fingerprint density at radius 2 is 2.00 bits per heavy atom. The fourth-order valence-electron chi connectivity index (χ4n) is 2.00. The molecular formula is C13H19NO. The van der Waals surface area contributed by atoms with Crippen molar-refractivity contribution in [2.45, 2.75) is 37.8 Å². The van der Waals surface area contributed by atoms with Crippen LogP contribution in [0.3, 0.4) is 0 Å². The molecule has 1 aromatic rings. The summed E-state index contributed by atoms with van der Waals surface area (Å²) >= 11 is 0. The Morgan fingerprint density at radius 3 is 2.60 bits per heavy atom. The molecule has 0 heterocycles. The predicted molar refractivity (Wildman–Crippen MR) is 61.9 cm³/mol. The molecule has 2 heteroatoms. The van der Waals surface area contributed by atoms with Gasteiger partial charge in [-0.2, -0.15) is 0 Å². The van der Waals surface area contributed by atoms with E-state index in [0.717, 1.165) is 19.4 Å². The second kappa shape index (κ2) is 4.77. The summed E-state index contributed by atoms with van der Waals surface area (Å²) < 4.78 is 0. The molecule has 0 radical (unpaired) electrons. The van der Waals surface area contributed by atoms with E-state index in [1.165, 1.54) is 5.56 Å². The minimum Gasteiger partial charge on any atom is -0.393 e. The first-order valence-electron chi connectivity index (χ1n) is 5.72. The zero-order valence-electron chi connectivity index (χ0n) is 9.19. The van der Waals surface area contributed by atoms with Gasteiger partial charge in [0.15, 0.2) is 0 Å². The highest BCUT2D eigenvalue weighted by Crippen LogP contribution is 2.21. The summed E-state index contributed by atoms with van der Waals surface area (Å²) in [5.74, 6) is 0.545. The van der Waals surface area contributed by atoms with Gasteiger partial charge in [-0.25, -0.2) is 0 Å². The summed E-state index contributed by atoms with van der Waals surface area (Å²) in [6.07, 6.45) is 1.78. The molecule has 2 rings (SSSR count). The van der Waals surface area contributed by atoms with E-state index < -0.39 is 0 Å². The van der Waals surface area contributed by atoms with Gasteiger partial charge in [-0.15, -0.1) is 0 Å². The summed E-state index contributed by atoms with van der Waals surface area (Å²) in [4.78, 5) is 0. The number of hydrogen-bond acceptors (Lipinski definition) is 2. The number of aliphatic hydroxyl groups excluding tert-OH is 1. The summed E-state index contributed by atoms with van der Waals surface area (Å²) in [7, 11) is 0. The van der Waals surface area contributed by atoms with Crippen molar-refractivity contribution in [3.05, 3.63) is 35.9 Å². The van der Waals surface area contributed by atoms with Gasteiger partial charge in [0.1, 0.15) is 0 Å². The highest BCUT2D eigenvalue weighted by Gasteiger charge is 2.26. The third kappa shape index (κ3) is 2.80. The zero-order chi connectivity index (χ0) is 10.7. The lowest BCUT2D eigenvalue weighted by Gasteiger charge is -2.33. The van der Waals surface area contributed by atoms with Crippen molar-refractivity contribution in [2.75, 3.05) is 6.54 Å². The molecule has 15 heavy (non-hydrogen) atoms. The first-order valence-corrected chi connectivity index (χ1v) is 5.72. The predicted octanol–water partition coefficient (Wildman–Crippen LogP) is 1.90. The van der Waals surface area contributed by atoms with Crippen molar-refractivity contribution < 1.29 is 5.11 Å². The van der Waals surface area contributed by atoms with Gasteiger partial charge in [-0.05, 0) is 24.3 Å². The standard InChI is InChI=1S/C13H19NO/c1-10(11-5-3-2-4-6-11)9-14-12-7-13(15)8-12/h2-6,10,12-15H,7-9H2,1H3. The maximum Gasteiger partial charge on any atom is 0.0570 e.